The van der Waals surface area contributed by atoms with Gasteiger partial charge in [0, 0.05) is 18.1 Å². The van der Waals surface area contributed by atoms with Crippen LogP contribution in [0.1, 0.15) is 23.7 Å². The van der Waals surface area contributed by atoms with Gasteiger partial charge in [-0.2, -0.15) is 0 Å². The van der Waals surface area contributed by atoms with Crippen LogP contribution < -0.4 is 4.74 Å². The van der Waals surface area contributed by atoms with E-state index in [1.54, 1.807) is 0 Å². The first-order chi connectivity index (χ1) is 7.54. The number of benzene rings is 1. The van der Waals surface area contributed by atoms with E-state index in [2.05, 4.69) is 0 Å². The second kappa shape index (κ2) is 3.85. The number of hydrogen-bond acceptors (Lipinski definition) is 2. The lowest BCUT2D eigenvalue weighted by Crippen LogP contribution is -2.09. The summed E-state index contributed by atoms with van der Waals surface area (Å²) in [6, 6.07) is 2.06. The second-order valence-corrected chi connectivity index (χ2v) is 4.15. The molecule has 0 bridgehead atoms. The Morgan fingerprint density at radius 2 is 1.88 bits per heavy atom. The highest BCUT2D eigenvalue weighted by molar-refractivity contribution is 6.00. The molecule has 0 saturated heterocycles. The van der Waals surface area contributed by atoms with E-state index in [-0.39, 0.29) is 17.6 Å². The maximum atomic E-state index is 13.5. The number of carbonyl (C=O) groups is 1. The van der Waals surface area contributed by atoms with Gasteiger partial charge in [-0.3, -0.25) is 4.79 Å². The summed E-state index contributed by atoms with van der Waals surface area (Å²) in [6.07, 6.45) is 0.712. The smallest absolute Gasteiger partial charge is 0.172 e. The van der Waals surface area contributed by atoms with Gasteiger partial charge >= 0.3 is 0 Å². The summed E-state index contributed by atoms with van der Waals surface area (Å²) in [5, 5.41) is 0. The van der Waals surface area contributed by atoms with Gasteiger partial charge < -0.3 is 4.74 Å². The molecule has 1 aliphatic carbocycles. The number of Topliss-reactive ketones (excluding diaryl/α,β-unsaturated/α-hetero) is 1. The van der Waals surface area contributed by atoms with Gasteiger partial charge in [-0.25, -0.2) is 8.78 Å². The van der Waals surface area contributed by atoms with Gasteiger partial charge in [0.2, 0.25) is 0 Å². The number of ketones is 1. The zero-order chi connectivity index (χ0) is 11.9. The second-order valence-electron chi connectivity index (χ2n) is 4.15. The van der Waals surface area contributed by atoms with Gasteiger partial charge in [0.15, 0.2) is 5.78 Å². The lowest BCUT2D eigenvalue weighted by molar-refractivity contribution is 0.0954. The van der Waals surface area contributed by atoms with Crippen molar-refractivity contribution in [3.8, 4) is 5.75 Å². The van der Waals surface area contributed by atoms with Gasteiger partial charge in [0.1, 0.15) is 17.4 Å². The Morgan fingerprint density at radius 1 is 1.38 bits per heavy atom. The number of hydrogen-bond donors (Lipinski definition) is 0. The number of halogens is 2. The van der Waals surface area contributed by atoms with Crippen LogP contribution in [0, 0.1) is 23.5 Å². The summed E-state index contributed by atoms with van der Waals surface area (Å²) >= 11 is 0. The first kappa shape index (κ1) is 11.0. The normalized spacial score (nSPS) is 23.0. The van der Waals surface area contributed by atoms with E-state index in [1.165, 1.54) is 7.11 Å². The summed E-state index contributed by atoms with van der Waals surface area (Å²) < 4.78 is 31.8. The van der Waals surface area contributed by atoms with E-state index >= 15 is 0 Å². The molecule has 0 N–H and O–H groups in total. The minimum absolute atomic E-state index is 0.0791. The van der Waals surface area contributed by atoms with Crippen LogP contribution in [0.4, 0.5) is 8.78 Å². The Hall–Kier alpha value is -1.45. The van der Waals surface area contributed by atoms with Crippen molar-refractivity contribution in [1.29, 1.82) is 0 Å². The van der Waals surface area contributed by atoms with Gasteiger partial charge in [-0.15, -0.1) is 0 Å². The Kier molecular flexibility index (Phi) is 2.66. The molecular weight excluding hydrogens is 214 g/mol. The summed E-state index contributed by atoms with van der Waals surface area (Å²) in [5.74, 6) is -2.05. The molecule has 1 saturated carbocycles. The van der Waals surface area contributed by atoms with Crippen LogP contribution in [0.25, 0.3) is 0 Å². The Balaban J connectivity index is 2.37. The minimum Gasteiger partial charge on any atom is -0.497 e. The van der Waals surface area contributed by atoms with Crippen molar-refractivity contribution in [2.75, 3.05) is 7.11 Å². The highest BCUT2D eigenvalue weighted by atomic mass is 19.1. The third-order valence-corrected chi connectivity index (χ3v) is 2.94. The molecule has 0 amide bonds. The van der Waals surface area contributed by atoms with Crippen molar-refractivity contribution in [1.82, 2.24) is 0 Å². The van der Waals surface area contributed by atoms with Gasteiger partial charge in [-0.05, 0) is 12.3 Å². The van der Waals surface area contributed by atoms with Gasteiger partial charge in [0.25, 0.3) is 0 Å². The van der Waals surface area contributed by atoms with Crippen molar-refractivity contribution in [3.63, 3.8) is 0 Å². The maximum absolute atomic E-state index is 13.5. The third-order valence-electron chi connectivity index (χ3n) is 2.94. The van der Waals surface area contributed by atoms with Gasteiger partial charge in [-0.1, -0.05) is 6.92 Å². The van der Waals surface area contributed by atoms with Crippen LogP contribution in [0.2, 0.25) is 0 Å². The Bertz CT molecular complexity index is 420. The molecule has 1 aromatic rings. The molecule has 1 aliphatic rings. The topological polar surface area (TPSA) is 26.3 Å². The lowest BCUT2D eigenvalue weighted by Gasteiger charge is -2.06. The molecule has 0 spiro atoms. The first-order valence-electron chi connectivity index (χ1n) is 5.12. The van der Waals surface area contributed by atoms with Crippen LogP contribution in [-0.2, 0) is 0 Å². The molecule has 2 unspecified atom stereocenters. The molecule has 0 aliphatic heterocycles. The van der Waals surface area contributed by atoms with Crippen LogP contribution in [0.5, 0.6) is 5.75 Å². The number of carbonyl (C=O) groups excluding carboxylic acids is 1. The maximum Gasteiger partial charge on any atom is 0.172 e. The molecular formula is C12H12F2O2. The standard InChI is InChI=1S/C12H12F2O2/c1-6-3-8(6)12(15)11-9(13)4-7(16-2)5-10(11)14/h4-6,8H,3H2,1-2H3. The zero-order valence-corrected chi connectivity index (χ0v) is 9.09. The summed E-state index contributed by atoms with van der Waals surface area (Å²) in [5.41, 5.74) is -0.435. The van der Waals surface area contributed by atoms with Crippen molar-refractivity contribution in [2.24, 2.45) is 11.8 Å². The molecule has 2 nitrogen and oxygen atoms in total. The van der Waals surface area contributed by atoms with Crippen molar-refractivity contribution in [3.05, 3.63) is 29.3 Å². The fourth-order valence-electron chi connectivity index (χ4n) is 1.78. The van der Waals surface area contributed by atoms with E-state index in [1.807, 2.05) is 6.92 Å². The van der Waals surface area contributed by atoms with E-state index < -0.39 is 23.0 Å². The first-order valence-corrected chi connectivity index (χ1v) is 5.12. The molecule has 2 rings (SSSR count). The zero-order valence-electron chi connectivity index (χ0n) is 9.09. The average Bonchev–Trinajstić information content (AvgIpc) is 2.94. The highest BCUT2D eigenvalue weighted by Gasteiger charge is 2.41. The molecule has 1 fully saturated rings. The number of methoxy groups -OCH3 is 1. The van der Waals surface area contributed by atoms with Crippen LogP contribution >= 0.6 is 0 Å². The fourth-order valence-corrected chi connectivity index (χ4v) is 1.78. The largest absolute Gasteiger partial charge is 0.497 e. The SMILES string of the molecule is COc1cc(F)c(C(=O)C2CC2C)c(F)c1. The Labute approximate surface area is 92.2 Å². The molecule has 0 aromatic heterocycles. The molecule has 86 valence electrons. The molecule has 0 heterocycles. The van der Waals surface area contributed by atoms with E-state index in [0.29, 0.717) is 6.42 Å². The van der Waals surface area contributed by atoms with Gasteiger partial charge in [0.05, 0.1) is 12.7 Å². The van der Waals surface area contributed by atoms with E-state index in [4.69, 9.17) is 4.74 Å². The van der Waals surface area contributed by atoms with Crippen molar-refractivity contribution >= 4 is 5.78 Å². The summed E-state index contributed by atoms with van der Waals surface area (Å²) in [7, 11) is 1.32. The van der Waals surface area contributed by atoms with E-state index in [9.17, 15) is 13.6 Å². The lowest BCUT2D eigenvalue weighted by atomic mass is 10.0. The number of rotatable bonds is 3. The number of ether oxygens (including phenoxy) is 1. The monoisotopic (exact) mass is 226 g/mol. The van der Waals surface area contributed by atoms with Crippen molar-refractivity contribution in [2.45, 2.75) is 13.3 Å². The fraction of sp³-hybridized carbons (Fsp3) is 0.417. The van der Waals surface area contributed by atoms with Crippen LogP contribution in [0.3, 0.4) is 0 Å². The molecule has 1 aromatic carbocycles. The minimum atomic E-state index is -0.846. The summed E-state index contributed by atoms with van der Waals surface area (Å²) in [6.45, 7) is 1.89. The van der Waals surface area contributed by atoms with E-state index in [0.717, 1.165) is 12.1 Å². The van der Waals surface area contributed by atoms with Crippen LogP contribution in [-0.4, -0.2) is 12.9 Å². The van der Waals surface area contributed by atoms with Crippen LogP contribution in [0.15, 0.2) is 12.1 Å². The quantitative estimate of drug-likeness (QED) is 0.741. The highest BCUT2D eigenvalue weighted by Crippen LogP contribution is 2.41. The predicted molar refractivity (Wildman–Crippen MR) is 54.5 cm³/mol. The third kappa shape index (κ3) is 1.79. The van der Waals surface area contributed by atoms with Crippen molar-refractivity contribution < 1.29 is 18.3 Å². The molecule has 0 radical (unpaired) electrons. The molecule has 2 atom stereocenters. The summed E-state index contributed by atoms with van der Waals surface area (Å²) in [4.78, 5) is 11.7. The molecule has 4 heteroatoms. The predicted octanol–water partition coefficient (Wildman–Crippen LogP) is 2.81. The molecule has 16 heavy (non-hydrogen) atoms. The Morgan fingerprint density at radius 3 is 2.25 bits per heavy atom. The average molecular weight is 226 g/mol.